The molecule has 206 valence electrons. The van der Waals surface area contributed by atoms with E-state index in [9.17, 15) is 4.79 Å². The van der Waals surface area contributed by atoms with Gasteiger partial charge in [-0.3, -0.25) is 4.90 Å². The van der Waals surface area contributed by atoms with Gasteiger partial charge >= 0.3 is 6.09 Å². The van der Waals surface area contributed by atoms with Crippen LogP contribution < -0.4 is 9.64 Å². The minimum atomic E-state index is -0.361. The first kappa shape index (κ1) is 26.9. The quantitative estimate of drug-likeness (QED) is 0.411. The normalized spacial score (nSPS) is 19.5. The SMILES string of the molecule is COc1ncc(C(C)C)cc1-c1cnc(N2CCOCC2)nc1CN1C(=O)O[C@H](c2cc(C)cc(C)c2)[C@@H]1C. The van der Waals surface area contributed by atoms with Crippen molar-refractivity contribution in [3.05, 3.63) is 64.6 Å². The number of carbonyl (C=O) groups excluding carboxylic acids is 1. The number of carbonyl (C=O) groups is 1. The van der Waals surface area contributed by atoms with Gasteiger partial charge < -0.3 is 19.1 Å². The maximum absolute atomic E-state index is 13.2. The lowest BCUT2D eigenvalue weighted by Gasteiger charge is -2.28. The van der Waals surface area contributed by atoms with E-state index >= 15 is 0 Å². The van der Waals surface area contributed by atoms with Crippen molar-refractivity contribution < 1.29 is 19.0 Å². The second-order valence-corrected chi connectivity index (χ2v) is 10.7. The maximum atomic E-state index is 13.2. The fourth-order valence-corrected chi connectivity index (χ4v) is 5.30. The Labute approximate surface area is 230 Å². The van der Waals surface area contributed by atoms with Crippen LogP contribution in [-0.2, 0) is 16.0 Å². The molecule has 2 saturated heterocycles. The minimum absolute atomic E-state index is 0.185. The summed E-state index contributed by atoms with van der Waals surface area (Å²) in [6, 6.07) is 8.19. The number of hydrogen-bond acceptors (Lipinski definition) is 8. The highest BCUT2D eigenvalue weighted by Crippen LogP contribution is 2.37. The van der Waals surface area contributed by atoms with Crippen molar-refractivity contribution in [2.24, 2.45) is 0 Å². The van der Waals surface area contributed by atoms with Gasteiger partial charge in [0.05, 0.1) is 38.6 Å². The molecule has 0 N–H and O–H groups in total. The number of amides is 1. The molecule has 2 aliphatic rings. The van der Waals surface area contributed by atoms with Crippen molar-refractivity contribution in [1.29, 1.82) is 0 Å². The number of benzene rings is 1. The van der Waals surface area contributed by atoms with Crippen molar-refractivity contribution in [1.82, 2.24) is 19.9 Å². The van der Waals surface area contributed by atoms with Crippen LogP contribution in [0.3, 0.4) is 0 Å². The third-order valence-corrected chi connectivity index (χ3v) is 7.46. The Hall–Kier alpha value is -3.72. The molecule has 2 fully saturated rings. The van der Waals surface area contributed by atoms with Crippen LogP contribution in [0.5, 0.6) is 5.88 Å². The van der Waals surface area contributed by atoms with Crippen molar-refractivity contribution in [3.63, 3.8) is 0 Å². The number of methoxy groups -OCH3 is 1. The molecule has 0 radical (unpaired) electrons. The zero-order valence-corrected chi connectivity index (χ0v) is 23.6. The molecule has 0 saturated carbocycles. The fraction of sp³-hybridized carbons (Fsp3) is 0.467. The van der Waals surface area contributed by atoms with Crippen molar-refractivity contribution in [2.75, 3.05) is 38.3 Å². The van der Waals surface area contributed by atoms with Crippen LogP contribution in [0.4, 0.5) is 10.7 Å². The Balaban J connectivity index is 1.55. The maximum Gasteiger partial charge on any atom is 0.411 e. The second-order valence-electron chi connectivity index (χ2n) is 10.7. The smallest absolute Gasteiger partial charge is 0.411 e. The van der Waals surface area contributed by atoms with Gasteiger partial charge in [-0.1, -0.05) is 43.2 Å². The van der Waals surface area contributed by atoms with E-state index in [1.54, 1.807) is 12.0 Å². The molecule has 9 nitrogen and oxygen atoms in total. The zero-order chi connectivity index (χ0) is 27.7. The van der Waals surface area contributed by atoms with E-state index in [1.807, 2.05) is 19.3 Å². The van der Waals surface area contributed by atoms with Gasteiger partial charge in [0.25, 0.3) is 0 Å². The minimum Gasteiger partial charge on any atom is -0.481 e. The summed E-state index contributed by atoms with van der Waals surface area (Å²) in [5.41, 5.74) is 6.68. The van der Waals surface area contributed by atoms with E-state index in [0.29, 0.717) is 38.1 Å². The molecule has 0 spiro atoms. The molecule has 39 heavy (non-hydrogen) atoms. The third kappa shape index (κ3) is 5.54. The van der Waals surface area contributed by atoms with Crippen molar-refractivity contribution in [3.8, 4) is 17.0 Å². The molecule has 9 heteroatoms. The Kier molecular flexibility index (Phi) is 7.70. The van der Waals surface area contributed by atoms with Gasteiger partial charge in [-0.05, 0) is 43.9 Å². The number of aryl methyl sites for hydroxylation is 2. The lowest BCUT2D eigenvalue weighted by atomic mass is 9.98. The number of aromatic nitrogens is 3. The highest BCUT2D eigenvalue weighted by atomic mass is 16.6. The van der Waals surface area contributed by atoms with Gasteiger partial charge in [-0.2, -0.15) is 0 Å². The van der Waals surface area contributed by atoms with Gasteiger partial charge in [0.1, 0.15) is 6.10 Å². The summed E-state index contributed by atoms with van der Waals surface area (Å²) >= 11 is 0. The molecule has 0 unspecified atom stereocenters. The Morgan fingerprint density at radius 3 is 2.41 bits per heavy atom. The monoisotopic (exact) mass is 531 g/mol. The number of anilines is 1. The summed E-state index contributed by atoms with van der Waals surface area (Å²) < 4.78 is 17.1. The van der Waals surface area contributed by atoms with Gasteiger partial charge in [0, 0.05) is 36.6 Å². The van der Waals surface area contributed by atoms with Crippen molar-refractivity contribution in [2.45, 2.75) is 59.2 Å². The highest BCUT2D eigenvalue weighted by Gasteiger charge is 2.40. The summed E-state index contributed by atoms with van der Waals surface area (Å²) in [5, 5.41) is 0. The number of morpholine rings is 1. The van der Waals surface area contributed by atoms with Crippen LogP contribution in [0.25, 0.3) is 11.1 Å². The molecule has 0 aliphatic carbocycles. The van der Waals surface area contributed by atoms with Crippen molar-refractivity contribution >= 4 is 12.0 Å². The molecule has 3 aromatic rings. The van der Waals surface area contributed by atoms with Gasteiger partial charge in [0.2, 0.25) is 11.8 Å². The van der Waals surface area contributed by atoms with Crippen LogP contribution >= 0.6 is 0 Å². The van der Waals surface area contributed by atoms with Crippen LogP contribution in [-0.4, -0.2) is 65.4 Å². The molecule has 2 aromatic heterocycles. The summed E-state index contributed by atoms with van der Waals surface area (Å²) in [5.74, 6) is 1.40. The zero-order valence-electron chi connectivity index (χ0n) is 23.6. The van der Waals surface area contributed by atoms with Gasteiger partial charge in [-0.25, -0.2) is 19.7 Å². The standard InChI is InChI=1S/C30H37N5O4/c1-18(2)23-14-24(28(37-6)31-15-23)25-16-32-29(34-7-9-38-10-8-34)33-26(25)17-35-21(5)27(39-30(35)36)22-12-19(3)11-20(4)13-22/h11-16,18,21,27H,7-10,17H2,1-6H3/t21-,27-/m0/s1. The Bertz CT molecular complexity index is 1330. The summed E-state index contributed by atoms with van der Waals surface area (Å²) in [4.78, 5) is 31.4. The predicted octanol–water partition coefficient (Wildman–Crippen LogP) is 5.21. The molecule has 2 aliphatic heterocycles. The number of hydrogen-bond donors (Lipinski definition) is 0. The van der Waals surface area contributed by atoms with E-state index in [0.717, 1.165) is 39.1 Å². The highest BCUT2D eigenvalue weighted by molar-refractivity contribution is 5.74. The largest absolute Gasteiger partial charge is 0.481 e. The van der Waals surface area contributed by atoms with Gasteiger partial charge in [0.15, 0.2) is 0 Å². The number of rotatable bonds is 7. The third-order valence-electron chi connectivity index (χ3n) is 7.46. The van der Waals surface area contributed by atoms with Crippen LogP contribution in [0, 0.1) is 13.8 Å². The molecule has 0 bridgehead atoms. The van der Waals surface area contributed by atoms with Gasteiger partial charge in [-0.15, -0.1) is 0 Å². The van der Waals surface area contributed by atoms with E-state index in [1.165, 1.54) is 0 Å². The summed E-state index contributed by atoms with van der Waals surface area (Å²) in [7, 11) is 1.61. The summed E-state index contributed by atoms with van der Waals surface area (Å²) in [6.07, 6.45) is 2.94. The first-order valence-electron chi connectivity index (χ1n) is 13.5. The first-order chi connectivity index (χ1) is 18.7. The topological polar surface area (TPSA) is 89.9 Å². The van der Waals surface area contributed by atoms with E-state index in [2.05, 4.69) is 61.8 Å². The Morgan fingerprint density at radius 2 is 1.74 bits per heavy atom. The molecule has 5 rings (SSSR count). The molecule has 4 heterocycles. The number of pyridine rings is 1. The number of ether oxygens (including phenoxy) is 3. The molecular formula is C30H37N5O4. The average Bonchev–Trinajstić information content (AvgIpc) is 3.21. The number of cyclic esters (lactones) is 1. The molecule has 1 amide bonds. The summed E-state index contributed by atoms with van der Waals surface area (Å²) in [6.45, 7) is 13.3. The molecular weight excluding hydrogens is 494 g/mol. The second kappa shape index (κ2) is 11.2. The average molecular weight is 532 g/mol. The van der Waals surface area contributed by atoms with Crippen LogP contribution in [0.15, 0.2) is 36.7 Å². The molecule has 2 atom stereocenters. The van der Waals surface area contributed by atoms with Crippen LogP contribution in [0.1, 0.15) is 60.7 Å². The Morgan fingerprint density at radius 1 is 1.03 bits per heavy atom. The molecule has 1 aromatic carbocycles. The van der Waals surface area contributed by atoms with E-state index in [-0.39, 0.29) is 30.7 Å². The van der Waals surface area contributed by atoms with E-state index < -0.39 is 0 Å². The lowest BCUT2D eigenvalue weighted by molar-refractivity contribution is 0.122. The van der Waals surface area contributed by atoms with E-state index in [4.69, 9.17) is 24.2 Å². The fourth-order valence-electron chi connectivity index (χ4n) is 5.30. The van der Waals surface area contributed by atoms with Crippen LogP contribution in [0.2, 0.25) is 0 Å². The number of nitrogens with zero attached hydrogens (tertiary/aromatic N) is 5. The first-order valence-corrected chi connectivity index (χ1v) is 13.5. The lowest BCUT2D eigenvalue weighted by Crippen LogP contribution is -2.38. The predicted molar refractivity (Wildman–Crippen MR) is 149 cm³/mol.